The number of aromatic hydroxyl groups is 1. The van der Waals surface area contributed by atoms with Gasteiger partial charge in [-0.1, -0.05) is 13.8 Å². The van der Waals surface area contributed by atoms with Gasteiger partial charge in [0.05, 0.1) is 18.1 Å². The van der Waals surface area contributed by atoms with Crippen LogP contribution in [0.2, 0.25) is 0 Å². The molecule has 1 aromatic heterocycles. The van der Waals surface area contributed by atoms with E-state index in [0.29, 0.717) is 11.3 Å². The van der Waals surface area contributed by atoms with Gasteiger partial charge in [0.25, 0.3) is 5.91 Å². The number of carbonyl (C=O) groups excluding carboxylic acids is 2. The Morgan fingerprint density at radius 1 is 1.23 bits per heavy atom. The van der Waals surface area contributed by atoms with E-state index in [-0.39, 0.29) is 37.6 Å². The quantitative estimate of drug-likeness (QED) is 0.350. The lowest BCUT2D eigenvalue weighted by Crippen LogP contribution is -2.54. The van der Waals surface area contributed by atoms with E-state index in [1.54, 1.807) is 6.20 Å². The van der Waals surface area contributed by atoms with Crippen molar-refractivity contribution >= 4 is 17.8 Å². The number of H-pyrrole nitrogens is 1. The Kier molecular flexibility index (Phi) is 8.56. The molecule has 2 amide bonds. The second kappa shape index (κ2) is 11.1. The number of benzene rings is 1. The van der Waals surface area contributed by atoms with Crippen LogP contribution in [-0.4, -0.2) is 68.0 Å². The molecule has 6 N–H and O–H groups in total. The van der Waals surface area contributed by atoms with Gasteiger partial charge in [0.2, 0.25) is 5.91 Å². The summed E-state index contributed by atoms with van der Waals surface area (Å²) in [5.41, 5.74) is 7.00. The van der Waals surface area contributed by atoms with E-state index in [1.165, 1.54) is 35.5 Å². The minimum Gasteiger partial charge on any atom is -0.508 e. The molecule has 0 saturated carbocycles. The Morgan fingerprint density at radius 2 is 1.90 bits per heavy atom. The Hall–Kier alpha value is -3.40. The maximum absolute atomic E-state index is 13.0. The first-order valence-corrected chi connectivity index (χ1v) is 10.0. The molecule has 0 bridgehead atoms. The van der Waals surface area contributed by atoms with Crippen LogP contribution >= 0.6 is 0 Å². The number of carboxylic acids is 1. The Labute approximate surface area is 180 Å². The smallest absolute Gasteiger partial charge is 0.326 e. The van der Waals surface area contributed by atoms with Gasteiger partial charge in [-0.3, -0.25) is 9.59 Å². The van der Waals surface area contributed by atoms with Crippen LogP contribution in [0.4, 0.5) is 0 Å². The topological polar surface area (TPSA) is 162 Å². The molecule has 2 aromatic rings. The highest BCUT2D eigenvalue weighted by molar-refractivity contribution is 5.94. The lowest BCUT2D eigenvalue weighted by Gasteiger charge is -2.32. The molecule has 0 aliphatic heterocycles. The summed E-state index contributed by atoms with van der Waals surface area (Å²) in [4.78, 5) is 45.3. The van der Waals surface area contributed by atoms with E-state index in [9.17, 15) is 24.6 Å². The summed E-state index contributed by atoms with van der Waals surface area (Å²) in [5.74, 6) is -1.97. The molecule has 0 aliphatic rings. The summed E-state index contributed by atoms with van der Waals surface area (Å²) >= 11 is 0. The number of phenolic OH excluding ortho intramolecular Hbond substituents is 1. The lowest BCUT2D eigenvalue weighted by molar-refractivity contribution is -0.151. The maximum atomic E-state index is 13.0. The standard InChI is InChI=1S/C21H29N5O5/c1-13(2)9-18(21(30)31)26(20(29)17(22)10-15-11-23-12-25-15)8-7-24-19(28)14-3-5-16(27)6-4-14/h3-6,11-13,17-18,27H,7-10,22H2,1-2H3,(H,23,25)(H,24,28)(H,30,31)/t17-,18-/m0/s1. The van der Waals surface area contributed by atoms with Crippen molar-refractivity contribution in [2.24, 2.45) is 11.7 Å². The van der Waals surface area contributed by atoms with Crippen molar-refractivity contribution in [3.63, 3.8) is 0 Å². The van der Waals surface area contributed by atoms with Gasteiger partial charge in [-0.15, -0.1) is 0 Å². The molecular weight excluding hydrogens is 402 g/mol. The Morgan fingerprint density at radius 3 is 2.45 bits per heavy atom. The SMILES string of the molecule is CC(C)C[C@@H](C(=O)O)N(CCNC(=O)c1ccc(O)cc1)C(=O)[C@@H](N)Cc1c[nH]cn1. The number of phenols is 1. The first-order valence-electron chi connectivity index (χ1n) is 10.0. The lowest BCUT2D eigenvalue weighted by atomic mass is 10.0. The van der Waals surface area contributed by atoms with Crippen LogP contribution in [0.3, 0.4) is 0 Å². The third kappa shape index (κ3) is 7.10. The highest BCUT2D eigenvalue weighted by atomic mass is 16.4. The number of nitrogens with two attached hydrogens (primary N) is 1. The molecule has 0 saturated heterocycles. The fourth-order valence-electron chi connectivity index (χ4n) is 3.16. The number of aliphatic carboxylic acids is 1. The number of rotatable bonds is 11. The summed E-state index contributed by atoms with van der Waals surface area (Å²) in [7, 11) is 0. The van der Waals surface area contributed by atoms with Gasteiger partial charge >= 0.3 is 5.97 Å². The zero-order valence-electron chi connectivity index (χ0n) is 17.6. The summed E-state index contributed by atoms with van der Waals surface area (Å²) < 4.78 is 0. The first-order chi connectivity index (χ1) is 14.7. The molecule has 0 aliphatic carbocycles. The van der Waals surface area contributed by atoms with Gasteiger partial charge in [-0.05, 0) is 36.6 Å². The normalized spacial score (nSPS) is 12.9. The molecule has 0 fully saturated rings. The van der Waals surface area contributed by atoms with E-state index < -0.39 is 29.9 Å². The summed E-state index contributed by atoms with van der Waals surface area (Å²) in [6.07, 6.45) is 3.51. The monoisotopic (exact) mass is 431 g/mol. The summed E-state index contributed by atoms with van der Waals surface area (Å²) in [5, 5.41) is 21.7. The fourth-order valence-corrected chi connectivity index (χ4v) is 3.16. The first kappa shape index (κ1) is 23.9. The molecule has 1 aromatic carbocycles. The highest BCUT2D eigenvalue weighted by Gasteiger charge is 2.33. The van der Waals surface area contributed by atoms with Crippen LogP contribution in [0.1, 0.15) is 36.3 Å². The number of carbonyl (C=O) groups is 3. The van der Waals surface area contributed by atoms with Crippen LogP contribution < -0.4 is 11.1 Å². The van der Waals surface area contributed by atoms with E-state index in [0.717, 1.165) is 0 Å². The zero-order valence-corrected chi connectivity index (χ0v) is 17.6. The zero-order chi connectivity index (χ0) is 23.0. The average molecular weight is 431 g/mol. The van der Waals surface area contributed by atoms with E-state index in [1.807, 2.05) is 13.8 Å². The van der Waals surface area contributed by atoms with E-state index in [4.69, 9.17) is 5.73 Å². The predicted octanol–water partition coefficient (Wildman–Crippen LogP) is 0.743. The molecule has 0 unspecified atom stereocenters. The van der Waals surface area contributed by atoms with Gasteiger partial charge in [0.1, 0.15) is 11.8 Å². The van der Waals surface area contributed by atoms with Crippen molar-refractivity contribution in [2.45, 2.75) is 38.8 Å². The second-order valence-corrected chi connectivity index (χ2v) is 7.69. The van der Waals surface area contributed by atoms with Crippen LogP contribution in [-0.2, 0) is 16.0 Å². The number of aromatic nitrogens is 2. The van der Waals surface area contributed by atoms with Gasteiger partial charge in [-0.25, -0.2) is 9.78 Å². The highest BCUT2D eigenvalue weighted by Crippen LogP contribution is 2.15. The molecule has 0 radical (unpaired) electrons. The summed E-state index contributed by atoms with van der Waals surface area (Å²) in [6, 6.07) is 3.68. The largest absolute Gasteiger partial charge is 0.508 e. The number of carboxylic acid groups (broad SMARTS) is 1. The van der Waals surface area contributed by atoms with Crippen LogP contribution in [0.5, 0.6) is 5.75 Å². The van der Waals surface area contributed by atoms with Gasteiger partial charge in [-0.2, -0.15) is 0 Å². The van der Waals surface area contributed by atoms with Gasteiger partial charge < -0.3 is 31.1 Å². The molecule has 31 heavy (non-hydrogen) atoms. The third-order valence-electron chi connectivity index (χ3n) is 4.71. The van der Waals surface area contributed by atoms with Gasteiger partial charge in [0, 0.05) is 31.3 Å². The number of amides is 2. The van der Waals surface area contributed by atoms with Crippen molar-refractivity contribution in [2.75, 3.05) is 13.1 Å². The minimum atomic E-state index is -1.13. The second-order valence-electron chi connectivity index (χ2n) is 7.69. The molecule has 2 rings (SSSR count). The molecule has 10 heteroatoms. The summed E-state index contributed by atoms with van der Waals surface area (Å²) in [6.45, 7) is 3.77. The molecule has 1 heterocycles. The molecular formula is C21H29N5O5. The molecule has 2 atom stereocenters. The number of imidazole rings is 1. The van der Waals surface area contributed by atoms with Crippen molar-refractivity contribution in [3.05, 3.63) is 48.0 Å². The number of hydrogen-bond acceptors (Lipinski definition) is 6. The molecule has 0 spiro atoms. The van der Waals surface area contributed by atoms with Crippen molar-refractivity contribution in [1.29, 1.82) is 0 Å². The average Bonchev–Trinajstić information content (AvgIpc) is 3.22. The van der Waals surface area contributed by atoms with Gasteiger partial charge in [0.15, 0.2) is 0 Å². The fraction of sp³-hybridized carbons (Fsp3) is 0.429. The number of nitrogens with one attached hydrogen (secondary N) is 2. The van der Waals surface area contributed by atoms with Crippen LogP contribution in [0.25, 0.3) is 0 Å². The van der Waals surface area contributed by atoms with Crippen molar-refractivity contribution < 1.29 is 24.6 Å². The Balaban J connectivity index is 2.10. The number of nitrogens with zero attached hydrogens (tertiary/aromatic N) is 2. The third-order valence-corrected chi connectivity index (χ3v) is 4.71. The van der Waals surface area contributed by atoms with E-state index in [2.05, 4.69) is 15.3 Å². The predicted molar refractivity (Wildman–Crippen MR) is 113 cm³/mol. The molecule has 10 nitrogen and oxygen atoms in total. The minimum absolute atomic E-state index is 0.0133. The molecule has 168 valence electrons. The number of aromatic amines is 1. The van der Waals surface area contributed by atoms with Crippen LogP contribution in [0, 0.1) is 5.92 Å². The van der Waals surface area contributed by atoms with Crippen molar-refractivity contribution in [3.8, 4) is 5.75 Å². The Bertz CT molecular complexity index is 867. The van der Waals surface area contributed by atoms with E-state index >= 15 is 0 Å². The number of hydrogen-bond donors (Lipinski definition) is 5. The van der Waals surface area contributed by atoms with Crippen LogP contribution in [0.15, 0.2) is 36.8 Å². The van der Waals surface area contributed by atoms with Crippen molar-refractivity contribution in [1.82, 2.24) is 20.2 Å². The maximum Gasteiger partial charge on any atom is 0.326 e.